The van der Waals surface area contributed by atoms with Gasteiger partial charge in [-0.1, -0.05) is 0 Å². The molecule has 0 spiro atoms. The summed E-state index contributed by atoms with van der Waals surface area (Å²) >= 11 is 0. The topological polar surface area (TPSA) is 98.7 Å². The molecule has 3 aromatic rings. The van der Waals surface area contributed by atoms with Gasteiger partial charge < -0.3 is 11.1 Å². The third-order valence-electron chi connectivity index (χ3n) is 2.78. The zero-order chi connectivity index (χ0) is 14.7. The standard InChI is InChI=1S/C14H12N6O/c15-10-4-5-12(17-9-10)14(21)19-11-3-1-6-16-13(11)20-8-2-7-18-20/h1-9H,15H2,(H,19,21). The Morgan fingerprint density at radius 1 is 1.14 bits per heavy atom. The highest BCUT2D eigenvalue weighted by atomic mass is 16.1. The largest absolute Gasteiger partial charge is 0.397 e. The first-order chi connectivity index (χ1) is 10.2. The molecular formula is C14H12N6O. The number of nitrogens with two attached hydrogens (primary N) is 1. The molecule has 0 aliphatic heterocycles. The van der Waals surface area contributed by atoms with Gasteiger partial charge in [0, 0.05) is 18.6 Å². The average Bonchev–Trinajstić information content (AvgIpc) is 3.02. The third-order valence-corrected chi connectivity index (χ3v) is 2.78. The molecule has 7 nitrogen and oxygen atoms in total. The summed E-state index contributed by atoms with van der Waals surface area (Å²) in [4.78, 5) is 20.4. The minimum absolute atomic E-state index is 0.277. The molecule has 104 valence electrons. The van der Waals surface area contributed by atoms with Gasteiger partial charge in [0.25, 0.3) is 5.91 Å². The van der Waals surface area contributed by atoms with E-state index in [1.54, 1.807) is 53.6 Å². The van der Waals surface area contributed by atoms with Crippen molar-refractivity contribution in [3.63, 3.8) is 0 Å². The van der Waals surface area contributed by atoms with Crippen molar-refractivity contribution in [3.8, 4) is 5.82 Å². The second-order valence-corrected chi connectivity index (χ2v) is 4.26. The van der Waals surface area contributed by atoms with Gasteiger partial charge >= 0.3 is 0 Å². The number of amides is 1. The summed E-state index contributed by atoms with van der Waals surface area (Å²) < 4.78 is 1.58. The maximum Gasteiger partial charge on any atom is 0.274 e. The van der Waals surface area contributed by atoms with Crippen LogP contribution in [0.2, 0.25) is 0 Å². The van der Waals surface area contributed by atoms with Gasteiger partial charge in [0.2, 0.25) is 0 Å². The van der Waals surface area contributed by atoms with E-state index in [-0.39, 0.29) is 11.6 Å². The molecule has 0 saturated heterocycles. The van der Waals surface area contributed by atoms with Crippen LogP contribution in [0, 0.1) is 0 Å². The Morgan fingerprint density at radius 2 is 2.05 bits per heavy atom. The molecule has 0 aliphatic carbocycles. The van der Waals surface area contributed by atoms with Gasteiger partial charge in [-0.05, 0) is 30.3 Å². The Bertz CT molecular complexity index is 751. The smallest absolute Gasteiger partial charge is 0.274 e. The lowest BCUT2D eigenvalue weighted by Crippen LogP contribution is -2.16. The maximum absolute atomic E-state index is 12.2. The molecule has 0 aliphatic rings. The number of hydrogen-bond donors (Lipinski definition) is 2. The van der Waals surface area contributed by atoms with Gasteiger partial charge in [-0.25, -0.2) is 14.6 Å². The molecule has 0 radical (unpaired) electrons. The van der Waals surface area contributed by atoms with Crippen LogP contribution in [0.3, 0.4) is 0 Å². The molecule has 1 amide bonds. The predicted molar refractivity (Wildman–Crippen MR) is 78.0 cm³/mol. The van der Waals surface area contributed by atoms with Gasteiger partial charge in [-0.2, -0.15) is 5.10 Å². The normalized spacial score (nSPS) is 10.3. The molecule has 3 rings (SSSR count). The Kier molecular flexibility index (Phi) is 3.30. The number of carbonyl (C=O) groups is 1. The highest BCUT2D eigenvalue weighted by Gasteiger charge is 2.12. The second kappa shape index (κ2) is 5.41. The van der Waals surface area contributed by atoms with Gasteiger partial charge in [0.05, 0.1) is 17.6 Å². The average molecular weight is 280 g/mol. The lowest BCUT2D eigenvalue weighted by Gasteiger charge is -2.09. The molecule has 0 saturated carbocycles. The van der Waals surface area contributed by atoms with Gasteiger partial charge in [0.1, 0.15) is 5.69 Å². The number of pyridine rings is 2. The Labute approximate surface area is 120 Å². The Hall–Kier alpha value is -3.22. The first-order valence-corrected chi connectivity index (χ1v) is 6.22. The van der Waals surface area contributed by atoms with Gasteiger partial charge in [-0.15, -0.1) is 0 Å². The fourth-order valence-corrected chi connectivity index (χ4v) is 1.80. The zero-order valence-corrected chi connectivity index (χ0v) is 11.0. The lowest BCUT2D eigenvalue weighted by atomic mass is 10.3. The molecule has 0 unspecified atom stereocenters. The predicted octanol–water partition coefficient (Wildman–Crippen LogP) is 1.50. The van der Waals surface area contributed by atoms with E-state index < -0.39 is 0 Å². The number of rotatable bonds is 3. The molecular weight excluding hydrogens is 268 g/mol. The van der Waals surface area contributed by atoms with E-state index in [2.05, 4.69) is 20.4 Å². The van der Waals surface area contributed by atoms with Crippen LogP contribution in [-0.4, -0.2) is 25.7 Å². The van der Waals surface area contributed by atoms with Gasteiger partial charge in [0.15, 0.2) is 5.82 Å². The number of carbonyl (C=O) groups excluding carboxylic acids is 1. The van der Waals surface area contributed by atoms with E-state index >= 15 is 0 Å². The summed E-state index contributed by atoms with van der Waals surface area (Å²) in [5.41, 5.74) is 6.88. The number of nitrogens with one attached hydrogen (secondary N) is 1. The molecule has 21 heavy (non-hydrogen) atoms. The van der Waals surface area contributed by atoms with Crippen molar-refractivity contribution in [1.82, 2.24) is 19.7 Å². The number of aromatic nitrogens is 4. The minimum atomic E-state index is -0.337. The molecule has 3 N–H and O–H groups in total. The fraction of sp³-hybridized carbons (Fsp3) is 0. The number of hydrogen-bond acceptors (Lipinski definition) is 5. The highest BCUT2D eigenvalue weighted by Crippen LogP contribution is 2.17. The number of nitrogen functional groups attached to an aromatic ring is 1. The number of anilines is 2. The molecule has 3 aromatic heterocycles. The lowest BCUT2D eigenvalue weighted by molar-refractivity contribution is 0.102. The summed E-state index contributed by atoms with van der Waals surface area (Å²) in [6.45, 7) is 0. The van der Waals surface area contributed by atoms with Crippen molar-refractivity contribution in [2.24, 2.45) is 0 Å². The summed E-state index contributed by atoms with van der Waals surface area (Å²) in [7, 11) is 0. The summed E-state index contributed by atoms with van der Waals surface area (Å²) in [5, 5.41) is 6.88. The van der Waals surface area contributed by atoms with Crippen molar-refractivity contribution in [2.45, 2.75) is 0 Å². The first kappa shape index (κ1) is 12.8. The van der Waals surface area contributed by atoms with Crippen LogP contribution in [0.15, 0.2) is 55.1 Å². The zero-order valence-electron chi connectivity index (χ0n) is 11.0. The van der Waals surface area contributed by atoms with Crippen LogP contribution in [0.4, 0.5) is 11.4 Å². The Morgan fingerprint density at radius 3 is 2.76 bits per heavy atom. The molecule has 0 aromatic carbocycles. The van der Waals surface area contributed by atoms with Crippen LogP contribution in [0.1, 0.15) is 10.5 Å². The first-order valence-electron chi connectivity index (χ1n) is 6.22. The fourth-order valence-electron chi connectivity index (χ4n) is 1.80. The summed E-state index contributed by atoms with van der Waals surface area (Å²) in [5.74, 6) is 0.197. The summed E-state index contributed by atoms with van der Waals surface area (Å²) in [6, 6.07) is 8.45. The number of nitrogens with zero attached hydrogens (tertiary/aromatic N) is 4. The monoisotopic (exact) mass is 280 g/mol. The van der Waals surface area contributed by atoms with Crippen molar-refractivity contribution < 1.29 is 4.79 Å². The van der Waals surface area contributed by atoms with Crippen LogP contribution in [-0.2, 0) is 0 Å². The van der Waals surface area contributed by atoms with Crippen LogP contribution < -0.4 is 11.1 Å². The van der Waals surface area contributed by atoms with Gasteiger partial charge in [-0.3, -0.25) is 4.79 Å². The molecule has 7 heteroatoms. The quantitative estimate of drug-likeness (QED) is 0.757. The van der Waals surface area contributed by atoms with Crippen molar-refractivity contribution in [1.29, 1.82) is 0 Å². The van der Waals surface area contributed by atoms with E-state index in [0.29, 0.717) is 17.2 Å². The molecule has 3 heterocycles. The third kappa shape index (κ3) is 2.71. The van der Waals surface area contributed by atoms with Crippen LogP contribution in [0.5, 0.6) is 0 Å². The van der Waals surface area contributed by atoms with E-state index in [1.165, 1.54) is 6.20 Å². The van der Waals surface area contributed by atoms with Crippen LogP contribution >= 0.6 is 0 Å². The molecule has 0 atom stereocenters. The maximum atomic E-state index is 12.2. The Balaban J connectivity index is 1.88. The second-order valence-electron chi connectivity index (χ2n) is 4.26. The van der Waals surface area contributed by atoms with Crippen LogP contribution in [0.25, 0.3) is 5.82 Å². The minimum Gasteiger partial charge on any atom is -0.397 e. The summed E-state index contributed by atoms with van der Waals surface area (Å²) in [6.07, 6.45) is 6.46. The van der Waals surface area contributed by atoms with E-state index in [1.807, 2.05) is 0 Å². The van der Waals surface area contributed by atoms with E-state index in [0.717, 1.165) is 0 Å². The van der Waals surface area contributed by atoms with Crippen molar-refractivity contribution in [3.05, 3.63) is 60.8 Å². The van der Waals surface area contributed by atoms with E-state index in [9.17, 15) is 4.79 Å². The highest BCUT2D eigenvalue weighted by molar-refractivity contribution is 6.03. The SMILES string of the molecule is Nc1ccc(C(=O)Nc2cccnc2-n2cccn2)nc1. The van der Waals surface area contributed by atoms with Crippen molar-refractivity contribution in [2.75, 3.05) is 11.1 Å². The van der Waals surface area contributed by atoms with Crippen molar-refractivity contribution >= 4 is 17.3 Å². The molecule has 0 bridgehead atoms. The molecule has 0 fully saturated rings. The van der Waals surface area contributed by atoms with E-state index in [4.69, 9.17) is 5.73 Å².